The number of hydrogen-bond acceptors (Lipinski definition) is 3. The number of ketones is 1. The van der Waals surface area contributed by atoms with Crippen LogP contribution >= 0.6 is 0 Å². The monoisotopic (exact) mass is 178 g/mol. The van der Waals surface area contributed by atoms with Crippen LogP contribution in [0.15, 0.2) is 24.3 Å². The summed E-state index contributed by atoms with van der Waals surface area (Å²) in [6.45, 7) is 1.49. The van der Waals surface area contributed by atoms with Crippen LogP contribution in [0.1, 0.15) is 17.3 Å². The molecular weight excluding hydrogens is 168 g/mol. The lowest BCUT2D eigenvalue weighted by atomic mass is 9.93. The van der Waals surface area contributed by atoms with Crippen molar-refractivity contribution in [3.8, 4) is 5.75 Å². The van der Waals surface area contributed by atoms with Gasteiger partial charge >= 0.3 is 0 Å². The van der Waals surface area contributed by atoms with Crippen LogP contribution in [0, 0.1) is 0 Å². The second kappa shape index (κ2) is 2.57. The maximum absolute atomic E-state index is 11.6. The van der Waals surface area contributed by atoms with Crippen LogP contribution in [-0.2, 0) is 0 Å². The lowest BCUT2D eigenvalue weighted by Gasteiger charge is -2.28. The van der Waals surface area contributed by atoms with E-state index in [1.165, 1.54) is 6.92 Å². The Morgan fingerprint density at radius 2 is 2.15 bits per heavy atom. The molecule has 0 radical (unpaired) electrons. The van der Waals surface area contributed by atoms with Crippen molar-refractivity contribution in [2.24, 2.45) is 0 Å². The summed E-state index contributed by atoms with van der Waals surface area (Å²) in [5.74, 6) is 0.286. The van der Waals surface area contributed by atoms with E-state index in [-0.39, 0.29) is 12.4 Å². The number of aliphatic hydroxyl groups is 1. The topological polar surface area (TPSA) is 46.5 Å². The van der Waals surface area contributed by atoms with E-state index in [1.54, 1.807) is 24.3 Å². The number of ether oxygens (including phenoxy) is 1. The van der Waals surface area contributed by atoms with Crippen molar-refractivity contribution in [2.75, 3.05) is 6.61 Å². The van der Waals surface area contributed by atoms with Crippen molar-refractivity contribution in [2.45, 2.75) is 12.5 Å². The quantitative estimate of drug-likeness (QED) is 0.645. The van der Waals surface area contributed by atoms with Crippen LogP contribution in [0.5, 0.6) is 5.75 Å². The highest BCUT2D eigenvalue weighted by molar-refractivity contribution is 6.05. The summed E-state index contributed by atoms with van der Waals surface area (Å²) in [6, 6.07) is 6.93. The number of rotatable bonds is 0. The number of benzene rings is 1. The minimum absolute atomic E-state index is 0.0306. The second-order valence-electron chi connectivity index (χ2n) is 3.39. The Balaban J connectivity index is 2.52. The standard InChI is InChI=1S/C10H10O3/c1-10(12)6-13-8-5-3-2-4-7(8)9(10)11/h2-5,12H,6H2,1H3/t10-/m0/s1. The zero-order valence-corrected chi connectivity index (χ0v) is 7.28. The molecule has 13 heavy (non-hydrogen) atoms. The van der Waals surface area contributed by atoms with E-state index in [0.29, 0.717) is 11.3 Å². The minimum atomic E-state index is -1.38. The van der Waals surface area contributed by atoms with Gasteiger partial charge in [-0.2, -0.15) is 0 Å². The molecule has 2 rings (SSSR count). The van der Waals surface area contributed by atoms with Crippen molar-refractivity contribution >= 4 is 5.78 Å². The van der Waals surface area contributed by atoms with Gasteiger partial charge in [0.25, 0.3) is 0 Å². The number of carbonyl (C=O) groups excluding carboxylic acids is 1. The maximum atomic E-state index is 11.6. The lowest BCUT2D eigenvalue weighted by Crippen LogP contribution is -2.44. The highest BCUT2D eigenvalue weighted by atomic mass is 16.5. The van der Waals surface area contributed by atoms with Gasteiger partial charge < -0.3 is 9.84 Å². The van der Waals surface area contributed by atoms with Crippen molar-refractivity contribution in [3.05, 3.63) is 29.8 Å². The molecule has 0 saturated carbocycles. The molecule has 3 nitrogen and oxygen atoms in total. The Labute approximate surface area is 76.0 Å². The lowest BCUT2D eigenvalue weighted by molar-refractivity contribution is 0.00849. The number of para-hydroxylation sites is 1. The predicted molar refractivity (Wildman–Crippen MR) is 46.9 cm³/mol. The molecule has 1 atom stereocenters. The minimum Gasteiger partial charge on any atom is -0.489 e. The first-order valence-electron chi connectivity index (χ1n) is 4.10. The number of fused-ring (bicyclic) bond motifs is 1. The predicted octanol–water partition coefficient (Wildman–Crippen LogP) is 1.01. The molecule has 1 N–H and O–H groups in total. The van der Waals surface area contributed by atoms with E-state index in [1.807, 2.05) is 0 Å². The Hall–Kier alpha value is -1.35. The highest BCUT2D eigenvalue weighted by Crippen LogP contribution is 2.28. The Morgan fingerprint density at radius 3 is 2.92 bits per heavy atom. The van der Waals surface area contributed by atoms with E-state index in [9.17, 15) is 9.90 Å². The van der Waals surface area contributed by atoms with Gasteiger partial charge in [0.15, 0.2) is 5.60 Å². The van der Waals surface area contributed by atoms with Crippen LogP contribution in [0.4, 0.5) is 0 Å². The normalized spacial score (nSPS) is 26.5. The number of carbonyl (C=O) groups is 1. The zero-order valence-electron chi connectivity index (χ0n) is 7.28. The van der Waals surface area contributed by atoms with Gasteiger partial charge in [0.2, 0.25) is 5.78 Å². The summed E-state index contributed by atoms with van der Waals surface area (Å²) in [5, 5.41) is 9.62. The van der Waals surface area contributed by atoms with Crippen molar-refractivity contribution in [1.82, 2.24) is 0 Å². The summed E-state index contributed by atoms with van der Waals surface area (Å²) in [4.78, 5) is 11.6. The third-order valence-electron chi connectivity index (χ3n) is 2.13. The van der Waals surface area contributed by atoms with E-state index >= 15 is 0 Å². The van der Waals surface area contributed by atoms with Gasteiger partial charge in [-0.25, -0.2) is 0 Å². The van der Waals surface area contributed by atoms with E-state index in [0.717, 1.165) is 0 Å². The van der Waals surface area contributed by atoms with Crippen molar-refractivity contribution in [1.29, 1.82) is 0 Å². The Bertz CT molecular complexity index is 355. The molecule has 0 amide bonds. The van der Waals surface area contributed by atoms with E-state index in [2.05, 4.69) is 0 Å². The molecule has 1 heterocycles. The van der Waals surface area contributed by atoms with Gasteiger partial charge in [-0.3, -0.25) is 4.79 Å². The molecule has 0 aliphatic carbocycles. The molecule has 0 unspecified atom stereocenters. The first kappa shape index (κ1) is 8.26. The first-order valence-corrected chi connectivity index (χ1v) is 4.10. The van der Waals surface area contributed by atoms with Gasteiger partial charge in [0.1, 0.15) is 12.4 Å². The molecular formula is C10H10O3. The fourth-order valence-corrected chi connectivity index (χ4v) is 1.35. The van der Waals surface area contributed by atoms with Crippen LogP contribution in [-0.4, -0.2) is 23.1 Å². The molecule has 3 heteroatoms. The van der Waals surface area contributed by atoms with Crippen molar-refractivity contribution in [3.63, 3.8) is 0 Å². The molecule has 1 aliphatic heterocycles. The smallest absolute Gasteiger partial charge is 0.201 e. The van der Waals surface area contributed by atoms with E-state index in [4.69, 9.17) is 4.74 Å². The summed E-state index contributed by atoms with van der Waals surface area (Å²) >= 11 is 0. The van der Waals surface area contributed by atoms with E-state index < -0.39 is 5.60 Å². The molecule has 0 bridgehead atoms. The molecule has 0 spiro atoms. The Kier molecular flexibility index (Phi) is 1.63. The zero-order chi connectivity index (χ0) is 9.47. The third kappa shape index (κ3) is 1.21. The number of hydrogen-bond donors (Lipinski definition) is 1. The third-order valence-corrected chi connectivity index (χ3v) is 2.13. The summed E-state index contributed by atoms with van der Waals surface area (Å²) in [5.41, 5.74) is -0.923. The van der Waals surface area contributed by atoms with Crippen LogP contribution < -0.4 is 4.74 Å². The largest absolute Gasteiger partial charge is 0.489 e. The highest BCUT2D eigenvalue weighted by Gasteiger charge is 2.37. The number of Topliss-reactive ketones (excluding diaryl/α,β-unsaturated/α-hetero) is 1. The van der Waals surface area contributed by atoms with Crippen LogP contribution in [0.2, 0.25) is 0 Å². The molecule has 0 aromatic heterocycles. The van der Waals surface area contributed by atoms with Crippen LogP contribution in [0.25, 0.3) is 0 Å². The Morgan fingerprint density at radius 1 is 1.46 bits per heavy atom. The van der Waals surface area contributed by atoms with Crippen LogP contribution in [0.3, 0.4) is 0 Å². The molecule has 68 valence electrons. The fraction of sp³-hybridized carbons (Fsp3) is 0.300. The molecule has 0 saturated heterocycles. The van der Waals surface area contributed by atoms with Gasteiger partial charge in [-0.1, -0.05) is 12.1 Å². The van der Waals surface area contributed by atoms with Gasteiger partial charge in [0.05, 0.1) is 5.56 Å². The molecule has 1 aromatic rings. The summed E-state index contributed by atoms with van der Waals surface area (Å²) in [6.07, 6.45) is 0. The molecule has 0 fully saturated rings. The second-order valence-corrected chi connectivity index (χ2v) is 3.39. The fourth-order valence-electron chi connectivity index (χ4n) is 1.35. The maximum Gasteiger partial charge on any atom is 0.201 e. The van der Waals surface area contributed by atoms with Crippen molar-refractivity contribution < 1.29 is 14.6 Å². The summed E-state index contributed by atoms with van der Waals surface area (Å²) in [7, 11) is 0. The summed E-state index contributed by atoms with van der Waals surface area (Å²) < 4.78 is 5.24. The average Bonchev–Trinajstić information content (AvgIpc) is 2.13. The van der Waals surface area contributed by atoms with Gasteiger partial charge in [-0.05, 0) is 19.1 Å². The van der Waals surface area contributed by atoms with Gasteiger partial charge in [0, 0.05) is 0 Å². The first-order chi connectivity index (χ1) is 6.11. The SMILES string of the molecule is C[C@]1(O)COc2ccccc2C1=O. The van der Waals surface area contributed by atoms with Gasteiger partial charge in [-0.15, -0.1) is 0 Å². The average molecular weight is 178 g/mol. The molecule has 1 aromatic carbocycles. The molecule has 1 aliphatic rings.